The van der Waals surface area contributed by atoms with Crippen LogP contribution in [0.2, 0.25) is 0 Å². The van der Waals surface area contributed by atoms with E-state index in [0.29, 0.717) is 19.0 Å². The van der Waals surface area contributed by atoms with Gasteiger partial charge in [-0.1, -0.05) is 12.1 Å². The van der Waals surface area contributed by atoms with Crippen LogP contribution in [0.25, 0.3) is 0 Å². The number of likely N-dealkylation sites (tertiary alicyclic amines) is 1. The molecule has 1 aromatic heterocycles. The summed E-state index contributed by atoms with van der Waals surface area (Å²) >= 11 is 0. The van der Waals surface area contributed by atoms with Gasteiger partial charge >= 0.3 is 0 Å². The lowest BCUT2D eigenvalue weighted by atomic mass is 9.91. The van der Waals surface area contributed by atoms with Crippen LogP contribution in [0, 0.1) is 11.7 Å². The van der Waals surface area contributed by atoms with Gasteiger partial charge in [-0.05, 0) is 55.0 Å². The van der Waals surface area contributed by atoms with Gasteiger partial charge in [0.25, 0.3) is 5.56 Å². The Kier molecular flexibility index (Phi) is 5.71. The van der Waals surface area contributed by atoms with Crippen LogP contribution in [-0.2, 0) is 17.8 Å². The Morgan fingerprint density at radius 1 is 1.27 bits per heavy atom. The highest BCUT2D eigenvalue weighted by molar-refractivity contribution is 5.76. The zero-order valence-corrected chi connectivity index (χ0v) is 14.9. The molecule has 0 saturated carbocycles. The number of benzene rings is 1. The molecule has 0 bridgehead atoms. The van der Waals surface area contributed by atoms with Crippen molar-refractivity contribution in [1.82, 2.24) is 9.47 Å². The molecule has 6 heteroatoms. The van der Waals surface area contributed by atoms with Crippen LogP contribution in [0.5, 0.6) is 5.75 Å². The molecule has 1 aliphatic rings. The Morgan fingerprint density at radius 3 is 2.77 bits per heavy atom. The van der Waals surface area contributed by atoms with Gasteiger partial charge in [0.1, 0.15) is 12.4 Å². The van der Waals surface area contributed by atoms with Gasteiger partial charge in [0, 0.05) is 19.3 Å². The van der Waals surface area contributed by atoms with Crippen molar-refractivity contribution in [3.8, 4) is 5.75 Å². The molecule has 1 aliphatic heterocycles. The Balaban J connectivity index is 1.63. The highest BCUT2D eigenvalue weighted by Crippen LogP contribution is 2.21. The molecule has 0 spiro atoms. The number of nitrogens with zero attached hydrogens (tertiary/aromatic N) is 2. The third-order valence-corrected chi connectivity index (χ3v) is 4.82. The summed E-state index contributed by atoms with van der Waals surface area (Å²) in [6, 6.07) is 9.81. The number of amides is 1. The molecular weight excluding hydrogens is 335 g/mol. The molecule has 2 heterocycles. The fourth-order valence-corrected chi connectivity index (χ4v) is 3.45. The number of pyridine rings is 1. The van der Waals surface area contributed by atoms with Crippen LogP contribution in [-0.4, -0.2) is 35.6 Å². The lowest BCUT2D eigenvalue weighted by Gasteiger charge is -2.33. The third-order valence-electron chi connectivity index (χ3n) is 4.82. The number of hydrogen-bond acceptors (Lipinski definition) is 3. The van der Waals surface area contributed by atoms with Crippen molar-refractivity contribution >= 4 is 5.91 Å². The van der Waals surface area contributed by atoms with E-state index >= 15 is 0 Å². The van der Waals surface area contributed by atoms with E-state index in [0.717, 1.165) is 24.8 Å². The van der Waals surface area contributed by atoms with E-state index in [1.807, 2.05) is 4.90 Å². The van der Waals surface area contributed by atoms with E-state index in [2.05, 4.69) is 0 Å². The van der Waals surface area contributed by atoms with Crippen molar-refractivity contribution in [1.29, 1.82) is 0 Å². The second-order valence-electron chi connectivity index (χ2n) is 6.69. The second-order valence-corrected chi connectivity index (χ2v) is 6.69. The first-order chi connectivity index (χ1) is 12.6. The molecule has 0 N–H and O–H groups in total. The predicted octanol–water partition coefficient (Wildman–Crippen LogP) is 2.48. The Labute approximate surface area is 152 Å². The second kappa shape index (κ2) is 8.17. The summed E-state index contributed by atoms with van der Waals surface area (Å²) in [5.41, 5.74) is 0.776. The molecule has 3 rings (SSSR count). The lowest BCUT2D eigenvalue weighted by Crippen LogP contribution is -2.43. The van der Waals surface area contributed by atoms with Crippen molar-refractivity contribution in [3.05, 3.63) is 64.3 Å². The third kappa shape index (κ3) is 4.31. The van der Waals surface area contributed by atoms with E-state index in [-0.39, 0.29) is 29.6 Å². The minimum atomic E-state index is -0.303. The number of ether oxygens (including phenoxy) is 1. The number of carbonyl (C=O) groups is 1. The Morgan fingerprint density at radius 2 is 2.04 bits per heavy atom. The smallest absolute Gasteiger partial charge is 0.293 e. The minimum absolute atomic E-state index is 0.0132. The maximum Gasteiger partial charge on any atom is 0.293 e. The average molecular weight is 358 g/mol. The highest BCUT2D eigenvalue weighted by atomic mass is 19.1. The number of methoxy groups -OCH3 is 1. The molecule has 1 amide bonds. The summed E-state index contributed by atoms with van der Waals surface area (Å²) in [6.07, 6.45) is 4.40. The monoisotopic (exact) mass is 358 g/mol. The van der Waals surface area contributed by atoms with E-state index in [4.69, 9.17) is 4.74 Å². The topological polar surface area (TPSA) is 51.5 Å². The molecule has 26 heavy (non-hydrogen) atoms. The van der Waals surface area contributed by atoms with Gasteiger partial charge < -0.3 is 14.2 Å². The Hall–Kier alpha value is -2.63. The van der Waals surface area contributed by atoms with Gasteiger partial charge in [-0.2, -0.15) is 0 Å². The number of piperidine rings is 1. The molecule has 1 unspecified atom stereocenters. The van der Waals surface area contributed by atoms with Crippen molar-refractivity contribution in [3.63, 3.8) is 0 Å². The molecule has 0 aliphatic carbocycles. The highest BCUT2D eigenvalue weighted by Gasteiger charge is 2.24. The zero-order chi connectivity index (χ0) is 18.5. The lowest BCUT2D eigenvalue weighted by molar-refractivity contribution is -0.133. The van der Waals surface area contributed by atoms with Crippen LogP contribution < -0.4 is 10.3 Å². The first kappa shape index (κ1) is 18.2. The molecule has 138 valence electrons. The summed E-state index contributed by atoms with van der Waals surface area (Å²) in [5.74, 6) is 0.274. The number of carbonyl (C=O) groups excluding carboxylic acids is 1. The van der Waals surface area contributed by atoms with Crippen LogP contribution in [0.4, 0.5) is 4.39 Å². The van der Waals surface area contributed by atoms with E-state index < -0.39 is 0 Å². The van der Waals surface area contributed by atoms with Crippen molar-refractivity contribution in [2.75, 3.05) is 20.2 Å². The molecule has 2 aromatic rings. The molecular formula is C20H23FN2O3. The summed E-state index contributed by atoms with van der Waals surface area (Å²) in [5, 5.41) is 0. The summed E-state index contributed by atoms with van der Waals surface area (Å²) in [4.78, 5) is 26.6. The number of rotatable bonds is 5. The van der Waals surface area contributed by atoms with E-state index in [9.17, 15) is 14.0 Å². The first-order valence-electron chi connectivity index (χ1n) is 8.82. The molecule has 1 fully saturated rings. The summed E-state index contributed by atoms with van der Waals surface area (Å²) in [7, 11) is 1.44. The zero-order valence-electron chi connectivity index (χ0n) is 14.9. The fourth-order valence-electron chi connectivity index (χ4n) is 3.45. The van der Waals surface area contributed by atoms with Crippen LogP contribution in [0.15, 0.2) is 47.4 Å². The Bertz CT molecular complexity index is 817. The molecule has 1 atom stereocenters. The van der Waals surface area contributed by atoms with Gasteiger partial charge in [-0.3, -0.25) is 9.59 Å². The van der Waals surface area contributed by atoms with E-state index in [1.165, 1.54) is 23.8 Å². The van der Waals surface area contributed by atoms with Crippen LogP contribution in [0.3, 0.4) is 0 Å². The molecule has 1 saturated heterocycles. The predicted molar refractivity (Wildman–Crippen MR) is 96.7 cm³/mol. The van der Waals surface area contributed by atoms with Gasteiger partial charge in [0.2, 0.25) is 5.91 Å². The fraction of sp³-hybridized carbons (Fsp3) is 0.400. The number of hydrogen-bond donors (Lipinski definition) is 0. The quantitative estimate of drug-likeness (QED) is 0.825. The first-order valence-corrected chi connectivity index (χ1v) is 8.82. The molecule has 5 nitrogen and oxygen atoms in total. The number of halogens is 1. The summed E-state index contributed by atoms with van der Waals surface area (Å²) in [6.45, 7) is 1.38. The SMILES string of the molecule is COc1cccn(CC(=O)N2CCCC(Cc3ccc(F)cc3)C2)c1=O. The van der Waals surface area contributed by atoms with Gasteiger partial charge in [-0.25, -0.2) is 4.39 Å². The van der Waals surface area contributed by atoms with Crippen molar-refractivity contribution < 1.29 is 13.9 Å². The van der Waals surface area contributed by atoms with Crippen LogP contribution >= 0.6 is 0 Å². The summed E-state index contributed by atoms with van der Waals surface area (Å²) < 4.78 is 19.4. The molecule has 0 radical (unpaired) electrons. The van der Waals surface area contributed by atoms with Gasteiger partial charge in [0.05, 0.1) is 7.11 Å². The standard InChI is InChI=1S/C20H23FN2O3/c1-26-18-5-3-11-23(20(18)25)14-19(24)22-10-2-4-16(13-22)12-15-6-8-17(21)9-7-15/h3,5-9,11,16H,2,4,10,12-14H2,1H3. The maximum absolute atomic E-state index is 13.0. The molecule has 1 aromatic carbocycles. The van der Waals surface area contributed by atoms with Crippen molar-refractivity contribution in [2.24, 2.45) is 5.92 Å². The largest absolute Gasteiger partial charge is 0.491 e. The van der Waals surface area contributed by atoms with E-state index in [1.54, 1.807) is 30.5 Å². The van der Waals surface area contributed by atoms with Crippen LogP contribution in [0.1, 0.15) is 18.4 Å². The minimum Gasteiger partial charge on any atom is -0.491 e. The van der Waals surface area contributed by atoms with Crippen molar-refractivity contribution in [2.45, 2.75) is 25.8 Å². The maximum atomic E-state index is 13.0. The normalized spacial score (nSPS) is 17.2. The van der Waals surface area contributed by atoms with Gasteiger partial charge in [-0.15, -0.1) is 0 Å². The number of aromatic nitrogens is 1. The van der Waals surface area contributed by atoms with Gasteiger partial charge in [0.15, 0.2) is 5.75 Å². The average Bonchev–Trinajstić information content (AvgIpc) is 2.65.